The van der Waals surface area contributed by atoms with Crippen molar-refractivity contribution in [3.63, 3.8) is 0 Å². The molecule has 0 saturated carbocycles. The topological polar surface area (TPSA) is 38.7 Å². The van der Waals surface area contributed by atoms with Crippen molar-refractivity contribution in [1.29, 1.82) is 0 Å². The maximum absolute atomic E-state index is 9.83. The van der Waals surface area contributed by atoms with E-state index in [9.17, 15) is 5.11 Å². The van der Waals surface area contributed by atoms with Crippen LogP contribution in [0.1, 0.15) is 25.7 Å². The van der Waals surface area contributed by atoms with Crippen LogP contribution in [0.4, 0.5) is 0 Å². The fourth-order valence-electron chi connectivity index (χ4n) is 3.16. The number of β-amino-alcohol motifs (C(OH)–C–C–N with tert-alkyl or cyclic N) is 1. The highest BCUT2D eigenvalue weighted by atomic mass is 16.3. The minimum atomic E-state index is -0.122. The number of piperidine rings is 1. The Morgan fingerprint density at radius 3 is 2.82 bits per heavy atom. The molecule has 0 amide bonds. The Balaban J connectivity index is 1.84. The van der Waals surface area contributed by atoms with Gasteiger partial charge < -0.3 is 15.3 Å². The minimum absolute atomic E-state index is 0.122. The third-order valence-corrected chi connectivity index (χ3v) is 3.95. The zero-order valence-corrected chi connectivity index (χ0v) is 11.2. The highest BCUT2D eigenvalue weighted by Crippen LogP contribution is 2.20. The number of likely N-dealkylation sites (N-methyl/N-ethyl adjacent to an activating group) is 1. The number of nitrogens with one attached hydrogen (secondary N) is 1. The first-order valence-corrected chi connectivity index (χ1v) is 6.95. The van der Waals surface area contributed by atoms with Crippen molar-refractivity contribution in [1.82, 2.24) is 15.1 Å². The fourth-order valence-corrected chi connectivity index (χ4v) is 3.16. The van der Waals surface area contributed by atoms with Crippen LogP contribution in [0.25, 0.3) is 0 Å². The molecule has 0 aromatic heterocycles. The van der Waals surface area contributed by atoms with Crippen molar-refractivity contribution in [2.45, 2.75) is 43.9 Å². The highest BCUT2D eigenvalue weighted by Gasteiger charge is 2.32. The third kappa shape index (κ3) is 3.91. The number of aliphatic hydroxyl groups is 1. The second-order valence-electron chi connectivity index (χ2n) is 5.91. The van der Waals surface area contributed by atoms with Crippen molar-refractivity contribution in [3.05, 3.63) is 0 Å². The summed E-state index contributed by atoms with van der Waals surface area (Å²) in [7, 11) is 4.23. The molecule has 2 fully saturated rings. The number of nitrogens with zero attached hydrogens (tertiary/aromatic N) is 2. The average Bonchev–Trinajstić information content (AvgIpc) is 2.59. The molecule has 2 aliphatic rings. The molecular weight excluding hydrogens is 214 g/mol. The standard InChI is InChI=1S/C13H27N3O/c1-15(2)9-12-7-13(17)10-16(12)8-11-5-3-4-6-14-11/h11-14,17H,3-10H2,1-2H3. The van der Waals surface area contributed by atoms with Gasteiger partial charge in [0.1, 0.15) is 0 Å². The summed E-state index contributed by atoms with van der Waals surface area (Å²) < 4.78 is 0. The molecule has 4 nitrogen and oxygen atoms in total. The van der Waals surface area contributed by atoms with E-state index in [2.05, 4.69) is 29.2 Å². The molecule has 0 radical (unpaired) electrons. The summed E-state index contributed by atoms with van der Waals surface area (Å²) in [6.07, 6.45) is 4.78. The van der Waals surface area contributed by atoms with Gasteiger partial charge in [0.15, 0.2) is 0 Å². The Kier molecular flexibility index (Phi) is 4.79. The van der Waals surface area contributed by atoms with Gasteiger partial charge in [-0.3, -0.25) is 4.90 Å². The molecule has 0 bridgehead atoms. The Hall–Kier alpha value is -0.160. The summed E-state index contributed by atoms with van der Waals surface area (Å²) in [4.78, 5) is 4.71. The van der Waals surface area contributed by atoms with Gasteiger partial charge in [0, 0.05) is 31.7 Å². The van der Waals surface area contributed by atoms with E-state index in [4.69, 9.17) is 0 Å². The quantitative estimate of drug-likeness (QED) is 0.734. The average molecular weight is 241 g/mol. The van der Waals surface area contributed by atoms with E-state index in [0.29, 0.717) is 12.1 Å². The minimum Gasteiger partial charge on any atom is -0.392 e. The van der Waals surface area contributed by atoms with Gasteiger partial charge in [-0.05, 0) is 39.9 Å². The van der Waals surface area contributed by atoms with E-state index in [-0.39, 0.29) is 6.10 Å². The summed E-state index contributed by atoms with van der Waals surface area (Å²) in [5, 5.41) is 13.4. The molecule has 3 atom stereocenters. The molecule has 4 heteroatoms. The van der Waals surface area contributed by atoms with Crippen LogP contribution in [0.5, 0.6) is 0 Å². The predicted molar refractivity (Wildman–Crippen MR) is 70.2 cm³/mol. The van der Waals surface area contributed by atoms with Gasteiger partial charge in [-0.25, -0.2) is 0 Å². The van der Waals surface area contributed by atoms with Crippen LogP contribution < -0.4 is 5.32 Å². The number of rotatable bonds is 4. The van der Waals surface area contributed by atoms with Crippen LogP contribution >= 0.6 is 0 Å². The molecule has 0 aromatic rings. The van der Waals surface area contributed by atoms with Crippen molar-refractivity contribution in [3.8, 4) is 0 Å². The Morgan fingerprint density at radius 1 is 1.35 bits per heavy atom. The second kappa shape index (κ2) is 6.14. The molecule has 2 heterocycles. The lowest BCUT2D eigenvalue weighted by Gasteiger charge is -2.32. The summed E-state index contributed by atoms with van der Waals surface area (Å²) in [5.74, 6) is 0. The van der Waals surface area contributed by atoms with Gasteiger partial charge >= 0.3 is 0 Å². The first-order valence-electron chi connectivity index (χ1n) is 6.95. The van der Waals surface area contributed by atoms with Crippen LogP contribution in [0.3, 0.4) is 0 Å². The zero-order chi connectivity index (χ0) is 12.3. The van der Waals surface area contributed by atoms with Crippen molar-refractivity contribution in [2.75, 3.05) is 40.3 Å². The molecule has 2 saturated heterocycles. The summed E-state index contributed by atoms with van der Waals surface area (Å²) in [5.41, 5.74) is 0. The van der Waals surface area contributed by atoms with E-state index in [1.54, 1.807) is 0 Å². The van der Waals surface area contributed by atoms with Gasteiger partial charge in [-0.1, -0.05) is 6.42 Å². The molecular formula is C13H27N3O. The van der Waals surface area contributed by atoms with Crippen molar-refractivity contribution >= 4 is 0 Å². The van der Waals surface area contributed by atoms with Gasteiger partial charge in [-0.2, -0.15) is 0 Å². The van der Waals surface area contributed by atoms with Gasteiger partial charge in [-0.15, -0.1) is 0 Å². The number of hydrogen-bond donors (Lipinski definition) is 2. The van der Waals surface area contributed by atoms with Gasteiger partial charge in [0.05, 0.1) is 6.10 Å². The maximum Gasteiger partial charge on any atom is 0.0682 e. The lowest BCUT2D eigenvalue weighted by molar-refractivity contribution is 0.159. The number of aliphatic hydroxyl groups excluding tert-OH is 1. The van der Waals surface area contributed by atoms with Crippen molar-refractivity contribution < 1.29 is 5.11 Å². The molecule has 0 spiro atoms. The normalized spacial score (nSPS) is 35.6. The Morgan fingerprint density at radius 2 is 2.18 bits per heavy atom. The molecule has 17 heavy (non-hydrogen) atoms. The van der Waals surface area contributed by atoms with E-state index in [0.717, 1.165) is 26.1 Å². The first-order chi connectivity index (χ1) is 8.15. The first kappa shape index (κ1) is 13.3. The van der Waals surface area contributed by atoms with Crippen LogP contribution in [-0.4, -0.2) is 73.4 Å². The molecule has 0 aromatic carbocycles. The van der Waals surface area contributed by atoms with E-state index >= 15 is 0 Å². The van der Waals surface area contributed by atoms with Crippen LogP contribution in [0.2, 0.25) is 0 Å². The summed E-state index contributed by atoms with van der Waals surface area (Å²) >= 11 is 0. The maximum atomic E-state index is 9.83. The van der Waals surface area contributed by atoms with Gasteiger partial charge in [0.25, 0.3) is 0 Å². The molecule has 3 unspecified atom stereocenters. The van der Waals surface area contributed by atoms with E-state index < -0.39 is 0 Å². The molecule has 2 rings (SSSR count). The fraction of sp³-hybridized carbons (Fsp3) is 1.00. The summed E-state index contributed by atoms with van der Waals surface area (Å²) in [6, 6.07) is 1.17. The summed E-state index contributed by atoms with van der Waals surface area (Å²) in [6.45, 7) is 4.19. The SMILES string of the molecule is CN(C)CC1CC(O)CN1CC1CCCCN1. The zero-order valence-electron chi connectivity index (χ0n) is 11.2. The second-order valence-corrected chi connectivity index (χ2v) is 5.91. The third-order valence-electron chi connectivity index (χ3n) is 3.95. The Labute approximate surface area is 105 Å². The van der Waals surface area contributed by atoms with Crippen LogP contribution in [0.15, 0.2) is 0 Å². The van der Waals surface area contributed by atoms with Crippen LogP contribution in [-0.2, 0) is 0 Å². The number of hydrogen-bond acceptors (Lipinski definition) is 4. The lowest BCUT2D eigenvalue weighted by atomic mass is 10.0. The molecule has 100 valence electrons. The molecule has 0 aliphatic carbocycles. The van der Waals surface area contributed by atoms with Gasteiger partial charge in [0.2, 0.25) is 0 Å². The van der Waals surface area contributed by atoms with Crippen molar-refractivity contribution in [2.24, 2.45) is 0 Å². The Bertz CT molecular complexity index is 229. The monoisotopic (exact) mass is 241 g/mol. The van der Waals surface area contributed by atoms with E-state index in [1.165, 1.54) is 25.8 Å². The lowest BCUT2D eigenvalue weighted by Crippen LogP contribution is -2.47. The number of likely N-dealkylation sites (tertiary alicyclic amines) is 1. The highest BCUT2D eigenvalue weighted by molar-refractivity contribution is 4.89. The predicted octanol–water partition coefficient (Wildman–Crippen LogP) is 0.125. The molecule has 2 aliphatic heterocycles. The van der Waals surface area contributed by atoms with E-state index in [1.807, 2.05) is 0 Å². The smallest absolute Gasteiger partial charge is 0.0682 e. The van der Waals surface area contributed by atoms with Crippen LogP contribution in [0, 0.1) is 0 Å². The largest absolute Gasteiger partial charge is 0.392 e. The molecule has 2 N–H and O–H groups in total.